The van der Waals surface area contributed by atoms with Crippen molar-refractivity contribution in [1.29, 1.82) is 5.26 Å². The van der Waals surface area contributed by atoms with Crippen molar-refractivity contribution in [1.82, 2.24) is 4.57 Å². The number of aromatic nitrogens is 1. The number of esters is 1. The lowest BCUT2D eigenvalue weighted by Crippen LogP contribution is -2.05. The molecule has 1 aromatic heterocycles. The second-order valence-corrected chi connectivity index (χ2v) is 5.61. The van der Waals surface area contributed by atoms with Crippen LogP contribution in [0.25, 0.3) is 17.0 Å². The number of para-hydroxylation sites is 1. The minimum Gasteiger partial charge on any atom is -0.462 e. The van der Waals surface area contributed by atoms with E-state index in [0.29, 0.717) is 0 Å². The zero-order valence-electron chi connectivity index (χ0n) is 14.0. The van der Waals surface area contributed by atoms with E-state index in [0.717, 1.165) is 23.0 Å². The first kappa shape index (κ1) is 16.5. The Morgan fingerprint density at radius 1 is 1.16 bits per heavy atom. The number of carbonyl (C=O) groups excluding carboxylic acids is 1. The van der Waals surface area contributed by atoms with Crippen LogP contribution in [0.3, 0.4) is 0 Å². The number of hydrogen-bond donors (Lipinski definition) is 0. The van der Waals surface area contributed by atoms with Crippen molar-refractivity contribution >= 4 is 22.9 Å². The predicted octanol–water partition coefficient (Wildman–Crippen LogP) is 4.16. The molecule has 0 fully saturated rings. The second-order valence-electron chi connectivity index (χ2n) is 5.61. The zero-order chi connectivity index (χ0) is 17.6. The van der Waals surface area contributed by atoms with Crippen LogP contribution in [0, 0.1) is 11.3 Å². The molecule has 0 aliphatic carbocycles. The van der Waals surface area contributed by atoms with Crippen LogP contribution in [0.4, 0.5) is 0 Å². The van der Waals surface area contributed by atoms with Crippen molar-refractivity contribution in [2.45, 2.75) is 13.5 Å². The number of rotatable bonds is 5. The first-order valence-electron chi connectivity index (χ1n) is 8.13. The molecule has 0 radical (unpaired) electrons. The van der Waals surface area contributed by atoms with Crippen LogP contribution in [0.2, 0.25) is 0 Å². The number of carbonyl (C=O) groups is 1. The Bertz CT molecular complexity index is 962. The SMILES string of the molecule is CCOC(=O)/C(C#N)=C\c1cn(Cc2ccccc2)c2ccccc12. The smallest absolute Gasteiger partial charge is 0.348 e. The maximum absolute atomic E-state index is 11.9. The Morgan fingerprint density at radius 3 is 2.60 bits per heavy atom. The van der Waals surface area contributed by atoms with Gasteiger partial charge < -0.3 is 9.30 Å². The standard InChI is InChI=1S/C21H18N2O2/c1-2-25-21(24)17(13-22)12-18-15-23(14-16-8-4-3-5-9-16)20-11-7-6-10-19(18)20/h3-12,15H,2,14H2,1H3/b17-12-. The lowest BCUT2D eigenvalue weighted by Gasteiger charge is -2.05. The molecule has 4 heteroatoms. The van der Waals surface area contributed by atoms with Crippen molar-refractivity contribution in [3.63, 3.8) is 0 Å². The Kier molecular flexibility index (Phi) is 4.96. The third-order valence-electron chi connectivity index (χ3n) is 3.93. The number of ether oxygens (including phenoxy) is 1. The summed E-state index contributed by atoms with van der Waals surface area (Å²) >= 11 is 0. The van der Waals surface area contributed by atoms with Gasteiger partial charge in [-0.15, -0.1) is 0 Å². The van der Waals surface area contributed by atoms with E-state index in [4.69, 9.17) is 4.74 Å². The number of nitrogens with zero attached hydrogens (tertiary/aromatic N) is 2. The normalized spacial score (nSPS) is 11.3. The van der Waals surface area contributed by atoms with Crippen molar-refractivity contribution in [3.05, 3.63) is 77.5 Å². The third-order valence-corrected chi connectivity index (χ3v) is 3.93. The molecule has 0 aliphatic heterocycles. The van der Waals surface area contributed by atoms with Gasteiger partial charge in [0.25, 0.3) is 0 Å². The predicted molar refractivity (Wildman–Crippen MR) is 97.7 cm³/mol. The maximum atomic E-state index is 11.9. The number of benzene rings is 2. The molecule has 124 valence electrons. The molecular weight excluding hydrogens is 312 g/mol. The van der Waals surface area contributed by atoms with Crippen LogP contribution in [0.1, 0.15) is 18.1 Å². The van der Waals surface area contributed by atoms with Gasteiger partial charge >= 0.3 is 5.97 Å². The Hall–Kier alpha value is -3.32. The summed E-state index contributed by atoms with van der Waals surface area (Å²) in [5.41, 5.74) is 3.07. The third kappa shape index (κ3) is 3.61. The maximum Gasteiger partial charge on any atom is 0.348 e. The van der Waals surface area contributed by atoms with E-state index in [1.807, 2.05) is 54.7 Å². The molecule has 0 atom stereocenters. The highest BCUT2D eigenvalue weighted by molar-refractivity contribution is 6.01. The van der Waals surface area contributed by atoms with Crippen LogP contribution < -0.4 is 0 Å². The highest BCUT2D eigenvalue weighted by atomic mass is 16.5. The van der Waals surface area contributed by atoms with Gasteiger partial charge in [0.05, 0.1) is 6.61 Å². The lowest BCUT2D eigenvalue weighted by atomic mass is 10.1. The molecule has 0 bridgehead atoms. The van der Waals surface area contributed by atoms with E-state index in [1.54, 1.807) is 13.0 Å². The van der Waals surface area contributed by atoms with Gasteiger partial charge in [-0.3, -0.25) is 0 Å². The molecule has 0 spiro atoms. The van der Waals surface area contributed by atoms with E-state index in [1.165, 1.54) is 5.56 Å². The minimum atomic E-state index is -0.593. The summed E-state index contributed by atoms with van der Waals surface area (Å²) < 4.78 is 7.07. The molecule has 3 aromatic rings. The van der Waals surface area contributed by atoms with Crippen LogP contribution in [0.15, 0.2) is 66.4 Å². The first-order chi connectivity index (χ1) is 12.2. The molecule has 25 heavy (non-hydrogen) atoms. The number of nitriles is 1. The largest absolute Gasteiger partial charge is 0.462 e. The molecule has 0 unspecified atom stereocenters. The lowest BCUT2D eigenvalue weighted by molar-refractivity contribution is -0.137. The Morgan fingerprint density at radius 2 is 1.88 bits per heavy atom. The van der Waals surface area contributed by atoms with Crippen LogP contribution in [-0.4, -0.2) is 17.1 Å². The van der Waals surface area contributed by atoms with Crippen LogP contribution in [0.5, 0.6) is 0 Å². The minimum absolute atomic E-state index is 0.00413. The molecule has 0 saturated heterocycles. The van der Waals surface area contributed by atoms with Gasteiger partial charge in [0.2, 0.25) is 0 Å². The van der Waals surface area contributed by atoms with E-state index in [-0.39, 0.29) is 12.2 Å². The van der Waals surface area contributed by atoms with Crippen molar-refractivity contribution < 1.29 is 9.53 Å². The zero-order valence-corrected chi connectivity index (χ0v) is 14.0. The summed E-state index contributed by atoms with van der Waals surface area (Å²) in [6, 6.07) is 20.0. The van der Waals surface area contributed by atoms with Crippen LogP contribution >= 0.6 is 0 Å². The van der Waals surface area contributed by atoms with Gasteiger partial charge in [-0.1, -0.05) is 48.5 Å². The average molecular weight is 330 g/mol. The Balaban J connectivity index is 2.05. The highest BCUT2D eigenvalue weighted by Crippen LogP contribution is 2.24. The Labute approximate surface area is 146 Å². The summed E-state index contributed by atoms with van der Waals surface area (Å²) in [6.07, 6.45) is 3.57. The van der Waals surface area contributed by atoms with Crippen LogP contribution in [-0.2, 0) is 16.1 Å². The van der Waals surface area contributed by atoms with Gasteiger partial charge in [-0.25, -0.2) is 4.79 Å². The fraction of sp³-hybridized carbons (Fsp3) is 0.143. The molecular formula is C21H18N2O2. The molecule has 0 saturated carbocycles. The molecule has 4 nitrogen and oxygen atoms in total. The summed E-state index contributed by atoms with van der Waals surface area (Å²) in [5.74, 6) is -0.593. The molecule has 0 amide bonds. The van der Waals surface area contributed by atoms with E-state index in [2.05, 4.69) is 16.7 Å². The molecule has 2 aromatic carbocycles. The summed E-state index contributed by atoms with van der Waals surface area (Å²) in [7, 11) is 0. The van der Waals surface area contributed by atoms with Crippen molar-refractivity contribution in [3.8, 4) is 6.07 Å². The fourth-order valence-electron chi connectivity index (χ4n) is 2.80. The first-order valence-corrected chi connectivity index (χ1v) is 8.13. The molecule has 3 rings (SSSR count). The fourth-order valence-corrected chi connectivity index (χ4v) is 2.80. The molecule has 1 heterocycles. The molecule has 0 aliphatic rings. The van der Waals surface area contributed by atoms with Gasteiger partial charge in [-0.2, -0.15) is 5.26 Å². The van der Waals surface area contributed by atoms with Gasteiger partial charge in [0.1, 0.15) is 11.6 Å². The number of fused-ring (bicyclic) bond motifs is 1. The summed E-state index contributed by atoms with van der Waals surface area (Å²) in [4.78, 5) is 11.9. The summed E-state index contributed by atoms with van der Waals surface area (Å²) in [6.45, 7) is 2.68. The molecule has 0 N–H and O–H groups in total. The quantitative estimate of drug-likeness (QED) is 0.401. The van der Waals surface area contributed by atoms with Gasteiger partial charge in [0, 0.05) is 29.2 Å². The van der Waals surface area contributed by atoms with E-state index < -0.39 is 5.97 Å². The van der Waals surface area contributed by atoms with Crippen molar-refractivity contribution in [2.75, 3.05) is 6.61 Å². The van der Waals surface area contributed by atoms with Gasteiger partial charge in [-0.05, 0) is 24.6 Å². The van der Waals surface area contributed by atoms with Gasteiger partial charge in [0.15, 0.2) is 0 Å². The topological polar surface area (TPSA) is 55.0 Å². The number of hydrogen-bond acceptors (Lipinski definition) is 3. The highest BCUT2D eigenvalue weighted by Gasteiger charge is 2.13. The van der Waals surface area contributed by atoms with Crippen molar-refractivity contribution in [2.24, 2.45) is 0 Å². The van der Waals surface area contributed by atoms with E-state index >= 15 is 0 Å². The average Bonchev–Trinajstić information content (AvgIpc) is 2.98. The summed E-state index contributed by atoms with van der Waals surface area (Å²) in [5, 5.41) is 10.3. The monoisotopic (exact) mass is 330 g/mol. The second kappa shape index (κ2) is 7.50. The van der Waals surface area contributed by atoms with E-state index in [9.17, 15) is 10.1 Å².